The van der Waals surface area contributed by atoms with E-state index in [0.29, 0.717) is 6.42 Å². The number of carbonyl (C=O) groups is 1. The lowest BCUT2D eigenvalue weighted by Crippen LogP contribution is -2.29. The molecule has 0 amide bonds. The highest BCUT2D eigenvalue weighted by Crippen LogP contribution is 2.39. The van der Waals surface area contributed by atoms with Gasteiger partial charge >= 0.3 is 11.9 Å². The van der Waals surface area contributed by atoms with Gasteiger partial charge in [-0.05, 0) is 50.4 Å². The molecule has 8 nitrogen and oxygen atoms in total. The number of ether oxygens (including phenoxy) is 1. The molecule has 0 saturated carbocycles. The maximum Gasteiger partial charge on any atom is 0.416 e. The molecule has 1 aromatic carbocycles. The first-order valence-corrected chi connectivity index (χ1v) is 9.28. The van der Waals surface area contributed by atoms with Crippen LogP contribution in [0.1, 0.15) is 36.6 Å². The van der Waals surface area contributed by atoms with Crippen molar-refractivity contribution in [3.05, 3.63) is 52.0 Å². The van der Waals surface area contributed by atoms with Gasteiger partial charge in [0.1, 0.15) is 6.33 Å². The molecular weight excluding hydrogens is 405 g/mol. The van der Waals surface area contributed by atoms with Crippen molar-refractivity contribution in [2.45, 2.75) is 31.5 Å². The number of alkyl halides is 3. The number of hydrogen-bond donors (Lipinski definition) is 1. The number of nitrogens with zero attached hydrogens (tertiary/aromatic N) is 3. The van der Waals surface area contributed by atoms with Gasteiger partial charge in [-0.25, -0.2) is 9.97 Å². The Morgan fingerprint density at radius 1 is 1.30 bits per heavy atom. The number of carbonyl (C=O) groups excluding carboxylic acids is 1. The average molecular weight is 424 g/mol. The van der Waals surface area contributed by atoms with Gasteiger partial charge in [0.25, 0.3) is 6.47 Å². The van der Waals surface area contributed by atoms with E-state index in [1.165, 1.54) is 6.07 Å². The summed E-state index contributed by atoms with van der Waals surface area (Å²) in [6, 6.07) is 4.11. The van der Waals surface area contributed by atoms with Crippen molar-refractivity contribution < 1.29 is 27.6 Å². The second kappa shape index (κ2) is 9.16. The number of hydrogen-bond acceptors (Lipinski definition) is 7. The summed E-state index contributed by atoms with van der Waals surface area (Å²) in [4.78, 5) is 30.0. The number of nitrogens with one attached hydrogen (secondary N) is 1. The number of halogens is 3. The van der Waals surface area contributed by atoms with Crippen LogP contribution in [0.3, 0.4) is 0 Å². The summed E-state index contributed by atoms with van der Waals surface area (Å²) >= 11 is 0. The molecule has 1 N–H and O–H groups in total. The summed E-state index contributed by atoms with van der Waals surface area (Å²) in [6.07, 6.45) is -2.66. The van der Waals surface area contributed by atoms with Gasteiger partial charge < -0.3 is 10.1 Å². The normalized spacial score (nSPS) is 16.1. The Bertz CT molecular complexity index is 917. The number of piperidine rings is 1. The molecule has 160 valence electrons. The van der Waals surface area contributed by atoms with Crippen LogP contribution in [0.4, 0.5) is 18.9 Å². The van der Waals surface area contributed by atoms with Crippen LogP contribution >= 0.6 is 0 Å². The van der Waals surface area contributed by atoms with Crippen molar-refractivity contribution in [1.29, 1.82) is 0 Å². The van der Waals surface area contributed by atoms with Gasteiger partial charge in [-0.3, -0.25) is 14.9 Å². The van der Waals surface area contributed by atoms with E-state index in [-0.39, 0.29) is 29.3 Å². The van der Waals surface area contributed by atoms with Crippen molar-refractivity contribution >= 4 is 12.2 Å². The summed E-state index contributed by atoms with van der Waals surface area (Å²) in [5, 5.41) is 15.0. The van der Waals surface area contributed by atoms with Crippen LogP contribution in [-0.2, 0) is 15.7 Å². The van der Waals surface area contributed by atoms with Gasteiger partial charge in [-0.2, -0.15) is 13.2 Å². The zero-order valence-corrected chi connectivity index (χ0v) is 15.8. The highest BCUT2D eigenvalue weighted by molar-refractivity contribution is 5.71. The van der Waals surface area contributed by atoms with Crippen molar-refractivity contribution in [2.75, 3.05) is 13.1 Å². The van der Waals surface area contributed by atoms with E-state index in [2.05, 4.69) is 15.3 Å². The maximum absolute atomic E-state index is 13.1. The SMILES string of the molecule is O=COC(CC1CCNCC1)c1ncnc(-c2cccc(C(F)(F)F)c2)c1[N+](=O)[O-]. The smallest absolute Gasteiger partial charge is 0.416 e. The van der Waals surface area contributed by atoms with E-state index < -0.39 is 28.5 Å². The first kappa shape index (κ1) is 21.6. The van der Waals surface area contributed by atoms with Gasteiger partial charge in [-0.1, -0.05) is 12.1 Å². The number of rotatable bonds is 7. The molecule has 0 radical (unpaired) electrons. The lowest BCUT2D eigenvalue weighted by molar-refractivity contribution is -0.386. The Kier molecular flexibility index (Phi) is 6.60. The van der Waals surface area contributed by atoms with Crippen molar-refractivity contribution in [3.8, 4) is 11.3 Å². The predicted octanol–water partition coefficient (Wildman–Crippen LogP) is 3.67. The van der Waals surface area contributed by atoms with Crippen LogP contribution < -0.4 is 5.32 Å². The molecule has 1 aliphatic heterocycles. The molecule has 2 heterocycles. The molecule has 0 aliphatic carbocycles. The first-order chi connectivity index (χ1) is 14.3. The minimum absolute atomic E-state index is 0.0769. The van der Waals surface area contributed by atoms with E-state index in [1.807, 2.05) is 0 Å². The molecule has 2 aromatic rings. The van der Waals surface area contributed by atoms with E-state index in [4.69, 9.17) is 4.74 Å². The summed E-state index contributed by atoms with van der Waals surface area (Å²) in [7, 11) is 0. The monoisotopic (exact) mass is 424 g/mol. The second-order valence-electron chi connectivity index (χ2n) is 6.94. The molecule has 11 heteroatoms. The zero-order chi connectivity index (χ0) is 21.7. The highest BCUT2D eigenvalue weighted by atomic mass is 19.4. The topological polar surface area (TPSA) is 107 Å². The van der Waals surface area contributed by atoms with Gasteiger partial charge in [0.2, 0.25) is 0 Å². The minimum atomic E-state index is -4.61. The summed E-state index contributed by atoms with van der Waals surface area (Å²) in [5.74, 6) is 0.155. The van der Waals surface area contributed by atoms with Crippen LogP contribution in [0.2, 0.25) is 0 Å². The van der Waals surface area contributed by atoms with Crippen LogP contribution in [0.25, 0.3) is 11.3 Å². The van der Waals surface area contributed by atoms with E-state index in [0.717, 1.165) is 50.5 Å². The predicted molar refractivity (Wildman–Crippen MR) is 99.2 cm³/mol. The van der Waals surface area contributed by atoms with Crippen LogP contribution in [0, 0.1) is 16.0 Å². The zero-order valence-electron chi connectivity index (χ0n) is 15.8. The minimum Gasteiger partial charge on any atom is -0.458 e. The van der Waals surface area contributed by atoms with E-state index in [9.17, 15) is 28.1 Å². The molecule has 30 heavy (non-hydrogen) atoms. The number of aromatic nitrogens is 2. The molecule has 1 atom stereocenters. The first-order valence-electron chi connectivity index (χ1n) is 9.28. The molecule has 3 rings (SSSR count). The largest absolute Gasteiger partial charge is 0.458 e. The van der Waals surface area contributed by atoms with Gasteiger partial charge in [0, 0.05) is 5.56 Å². The molecule has 1 aliphatic rings. The fourth-order valence-electron chi connectivity index (χ4n) is 3.58. The standard InChI is InChI=1S/C19H19F3N4O4/c20-19(21,22)14-3-1-2-13(9-14)16-18(26(28)29)17(25-10-24-16)15(30-11-27)8-12-4-6-23-7-5-12/h1-3,9-12,15,23H,4-8H2. The van der Waals surface area contributed by atoms with Crippen LogP contribution in [-0.4, -0.2) is 34.5 Å². The number of benzene rings is 1. The molecule has 0 spiro atoms. The Labute approximate surface area is 169 Å². The van der Waals surface area contributed by atoms with Crippen molar-refractivity contribution in [3.63, 3.8) is 0 Å². The van der Waals surface area contributed by atoms with Crippen molar-refractivity contribution in [1.82, 2.24) is 15.3 Å². The molecule has 1 aromatic heterocycles. The maximum atomic E-state index is 13.1. The fraction of sp³-hybridized carbons (Fsp3) is 0.421. The third-order valence-electron chi connectivity index (χ3n) is 5.03. The van der Waals surface area contributed by atoms with E-state index >= 15 is 0 Å². The Morgan fingerprint density at radius 3 is 2.67 bits per heavy atom. The molecule has 0 bridgehead atoms. The average Bonchev–Trinajstić information content (AvgIpc) is 2.73. The summed E-state index contributed by atoms with van der Waals surface area (Å²) in [5.41, 5.74) is -2.00. The van der Waals surface area contributed by atoms with Gasteiger partial charge in [-0.15, -0.1) is 0 Å². The summed E-state index contributed by atoms with van der Waals surface area (Å²) in [6.45, 7) is 1.75. The van der Waals surface area contributed by atoms with Crippen LogP contribution in [0.5, 0.6) is 0 Å². The lowest BCUT2D eigenvalue weighted by Gasteiger charge is -2.25. The molecule has 1 saturated heterocycles. The second-order valence-corrected chi connectivity index (χ2v) is 6.94. The molecular formula is C19H19F3N4O4. The lowest BCUT2D eigenvalue weighted by atomic mass is 9.90. The highest BCUT2D eigenvalue weighted by Gasteiger charge is 2.34. The van der Waals surface area contributed by atoms with Crippen LogP contribution in [0.15, 0.2) is 30.6 Å². The molecule has 1 unspecified atom stereocenters. The Morgan fingerprint density at radius 2 is 2.03 bits per heavy atom. The van der Waals surface area contributed by atoms with E-state index in [1.54, 1.807) is 0 Å². The number of nitro groups is 1. The Balaban J connectivity index is 2.05. The van der Waals surface area contributed by atoms with Crippen molar-refractivity contribution in [2.24, 2.45) is 5.92 Å². The third-order valence-corrected chi connectivity index (χ3v) is 5.03. The third kappa shape index (κ3) is 4.90. The molecule has 1 fully saturated rings. The quantitative estimate of drug-likeness (QED) is 0.410. The van der Waals surface area contributed by atoms with Gasteiger partial charge in [0.15, 0.2) is 17.5 Å². The van der Waals surface area contributed by atoms with Gasteiger partial charge in [0.05, 0.1) is 10.5 Å². The Hall–Kier alpha value is -3.08. The summed E-state index contributed by atoms with van der Waals surface area (Å²) < 4.78 is 44.4. The fourth-order valence-corrected chi connectivity index (χ4v) is 3.58.